The van der Waals surface area contributed by atoms with E-state index >= 15 is 0 Å². The molecular formula is C19H19N3O4. The maximum atomic E-state index is 12.2. The molecule has 1 heterocycles. The lowest BCUT2D eigenvalue weighted by atomic mass is 10.0. The lowest BCUT2D eigenvalue weighted by molar-refractivity contribution is -0.383. The molecule has 0 saturated heterocycles. The molecule has 7 heteroatoms. The van der Waals surface area contributed by atoms with Crippen molar-refractivity contribution in [3.05, 3.63) is 58.6 Å². The van der Waals surface area contributed by atoms with E-state index in [1.54, 1.807) is 12.1 Å². The first-order valence-corrected chi connectivity index (χ1v) is 8.42. The van der Waals surface area contributed by atoms with Crippen LogP contribution in [0.25, 0.3) is 22.1 Å². The van der Waals surface area contributed by atoms with Crippen LogP contribution >= 0.6 is 0 Å². The van der Waals surface area contributed by atoms with Crippen LogP contribution in [0.1, 0.15) is 19.8 Å². The Labute approximate surface area is 150 Å². The molecule has 3 aromatic rings. The van der Waals surface area contributed by atoms with Gasteiger partial charge in [0.05, 0.1) is 10.5 Å². The Morgan fingerprint density at radius 2 is 1.92 bits per heavy atom. The minimum atomic E-state index is -0.449. The first kappa shape index (κ1) is 17.5. The van der Waals surface area contributed by atoms with Gasteiger partial charge in [-0.25, -0.2) is 4.79 Å². The smallest absolute Gasteiger partial charge is 0.321 e. The van der Waals surface area contributed by atoms with Crippen molar-refractivity contribution in [2.75, 3.05) is 11.9 Å². The summed E-state index contributed by atoms with van der Waals surface area (Å²) in [6, 6.07) is 13.4. The fourth-order valence-corrected chi connectivity index (χ4v) is 2.78. The topological polar surface area (TPSA) is 97.4 Å². The maximum absolute atomic E-state index is 12.2. The zero-order valence-electron chi connectivity index (χ0n) is 14.3. The van der Waals surface area contributed by atoms with Gasteiger partial charge in [-0.05, 0) is 18.1 Å². The van der Waals surface area contributed by atoms with Crippen LogP contribution in [0.2, 0.25) is 0 Å². The number of nitro groups is 1. The average Bonchev–Trinajstić information content (AvgIpc) is 3.00. The molecule has 2 N–H and O–H groups in total. The lowest BCUT2D eigenvalue weighted by Crippen LogP contribution is -2.29. The van der Waals surface area contributed by atoms with Crippen LogP contribution in [0.3, 0.4) is 0 Å². The van der Waals surface area contributed by atoms with Crippen LogP contribution in [0.4, 0.5) is 16.4 Å². The van der Waals surface area contributed by atoms with Gasteiger partial charge in [-0.3, -0.25) is 15.4 Å². The zero-order valence-corrected chi connectivity index (χ0v) is 14.3. The molecule has 26 heavy (non-hydrogen) atoms. The molecule has 0 saturated carbocycles. The van der Waals surface area contributed by atoms with Crippen LogP contribution in [-0.4, -0.2) is 17.5 Å². The number of urea groups is 1. The number of carbonyl (C=O) groups excluding carboxylic acids is 1. The van der Waals surface area contributed by atoms with Crippen molar-refractivity contribution >= 4 is 28.6 Å². The Hall–Kier alpha value is -3.35. The van der Waals surface area contributed by atoms with E-state index in [9.17, 15) is 14.9 Å². The Bertz CT molecular complexity index is 935. The Morgan fingerprint density at radius 1 is 1.15 bits per heavy atom. The normalized spacial score (nSPS) is 10.7. The molecule has 2 aromatic carbocycles. The molecule has 0 aliphatic carbocycles. The highest BCUT2D eigenvalue weighted by molar-refractivity contribution is 6.08. The van der Waals surface area contributed by atoms with E-state index in [4.69, 9.17) is 4.42 Å². The van der Waals surface area contributed by atoms with E-state index in [0.29, 0.717) is 23.1 Å². The summed E-state index contributed by atoms with van der Waals surface area (Å²) in [6.45, 7) is 2.58. The van der Waals surface area contributed by atoms with E-state index in [1.165, 1.54) is 6.07 Å². The second kappa shape index (κ2) is 7.69. The van der Waals surface area contributed by atoms with Crippen LogP contribution in [0.15, 0.2) is 52.9 Å². The van der Waals surface area contributed by atoms with E-state index in [-0.39, 0.29) is 11.6 Å². The number of hydrogen-bond acceptors (Lipinski definition) is 4. The largest absolute Gasteiger partial charge is 0.439 e. The Morgan fingerprint density at radius 3 is 2.62 bits per heavy atom. The number of nitro benzene ring substituents is 1. The van der Waals surface area contributed by atoms with E-state index in [1.807, 2.05) is 37.3 Å². The number of carbonyl (C=O) groups is 1. The number of nitrogens with one attached hydrogen (secondary N) is 2. The first-order valence-electron chi connectivity index (χ1n) is 8.42. The molecule has 0 aliphatic heterocycles. The number of amides is 2. The van der Waals surface area contributed by atoms with Crippen molar-refractivity contribution < 1.29 is 14.1 Å². The van der Waals surface area contributed by atoms with Gasteiger partial charge in [-0.15, -0.1) is 0 Å². The van der Waals surface area contributed by atoms with Gasteiger partial charge in [0, 0.05) is 12.6 Å². The number of non-ortho nitro benzene ring substituents is 1. The van der Waals surface area contributed by atoms with Crippen LogP contribution < -0.4 is 10.6 Å². The average molecular weight is 353 g/mol. The number of unbranched alkanes of at least 4 members (excludes halogenated alkanes) is 1. The van der Waals surface area contributed by atoms with Crippen molar-refractivity contribution in [1.82, 2.24) is 5.32 Å². The number of hydrogen-bond donors (Lipinski definition) is 2. The third kappa shape index (κ3) is 3.51. The van der Waals surface area contributed by atoms with Crippen molar-refractivity contribution in [3.8, 4) is 11.1 Å². The number of furan rings is 1. The zero-order chi connectivity index (χ0) is 18.5. The third-order valence-corrected chi connectivity index (χ3v) is 4.00. The number of anilines is 1. The summed E-state index contributed by atoms with van der Waals surface area (Å²) in [5, 5.41) is 17.3. The second-order valence-corrected chi connectivity index (χ2v) is 5.81. The minimum Gasteiger partial charge on any atom is -0.439 e. The molecule has 134 valence electrons. The van der Waals surface area contributed by atoms with Crippen LogP contribution in [0.5, 0.6) is 0 Å². The quantitative estimate of drug-likeness (QED) is 0.373. The molecule has 7 nitrogen and oxygen atoms in total. The number of benzene rings is 2. The van der Waals surface area contributed by atoms with Gasteiger partial charge >= 0.3 is 6.03 Å². The summed E-state index contributed by atoms with van der Waals surface area (Å²) in [5.41, 5.74) is 1.51. The monoisotopic (exact) mass is 353 g/mol. The van der Waals surface area contributed by atoms with Gasteiger partial charge in [0.25, 0.3) is 5.69 Å². The fraction of sp³-hybridized carbons (Fsp3) is 0.211. The van der Waals surface area contributed by atoms with E-state index in [0.717, 1.165) is 18.4 Å². The van der Waals surface area contributed by atoms with Gasteiger partial charge in [0.15, 0.2) is 0 Å². The fourth-order valence-electron chi connectivity index (χ4n) is 2.78. The molecular weight excluding hydrogens is 334 g/mol. The SMILES string of the molecule is CCCCNC(=O)Nc1oc2cccc([N+](=O)[O-])c2c1-c1ccccc1. The Balaban J connectivity index is 2.09. The van der Waals surface area contributed by atoms with Gasteiger partial charge in [0.1, 0.15) is 11.0 Å². The summed E-state index contributed by atoms with van der Waals surface area (Å²) < 4.78 is 5.74. The lowest BCUT2D eigenvalue weighted by Gasteiger charge is -2.07. The first-order chi connectivity index (χ1) is 12.6. The molecule has 0 bridgehead atoms. The van der Waals surface area contributed by atoms with Crippen molar-refractivity contribution in [2.24, 2.45) is 0 Å². The summed E-state index contributed by atoms with van der Waals surface area (Å²) in [4.78, 5) is 23.2. The predicted octanol–water partition coefficient (Wildman–Crippen LogP) is 4.93. The van der Waals surface area contributed by atoms with Gasteiger partial charge in [0.2, 0.25) is 5.88 Å². The second-order valence-electron chi connectivity index (χ2n) is 5.81. The summed E-state index contributed by atoms with van der Waals surface area (Å²) in [5.74, 6) is 0.189. The molecule has 2 amide bonds. The molecule has 0 unspecified atom stereocenters. The van der Waals surface area contributed by atoms with Gasteiger partial charge in [-0.1, -0.05) is 49.7 Å². The summed E-state index contributed by atoms with van der Waals surface area (Å²) >= 11 is 0. The van der Waals surface area contributed by atoms with E-state index in [2.05, 4.69) is 10.6 Å². The molecule has 3 rings (SSSR count). The highest BCUT2D eigenvalue weighted by atomic mass is 16.6. The minimum absolute atomic E-state index is 0.0652. The standard InChI is InChI=1S/C19H19N3O4/c1-2-3-12-20-19(23)21-18-16(13-8-5-4-6-9-13)17-14(22(24)25)10-7-11-15(17)26-18/h4-11H,2-3,12H2,1H3,(H2,20,21,23). The predicted molar refractivity (Wildman–Crippen MR) is 100 cm³/mol. The highest BCUT2D eigenvalue weighted by Gasteiger charge is 2.24. The molecule has 0 radical (unpaired) electrons. The maximum Gasteiger partial charge on any atom is 0.321 e. The molecule has 0 fully saturated rings. The van der Waals surface area contributed by atoms with Crippen LogP contribution in [-0.2, 0) is 0 Å². The molecule has 0 spiro atoms. The van der Waals surface area contributed by atoms with Crippen molar-refractivity contribution in [1.29, 1.82) is 0 Å². The van der Waals surface area contributed by atoms with Gasteiger partial charge < -0.3 is 9.73 Å². The number of rotatable bonds is 6. The summed E-state index contributed by atoms with van der Waals surface area (Å²) in [6.07, 6.45) is 1.83. The van der Waals surface area contributed by atoms with Crippen molar-refractivity contribution in [2.45, 2.75) is 19.8 Å². The summed E-state index contributed by atoms with van der Waals surface area (Å²) in [7, 11) is 0. The number of fused-ring (bicyclic) bond motifs is 1. The van der Waals surface area contributed by atoms with Crippen LogP contribution in [0, 0.1) is 10.1 Å². The third-order valence-electron chi connectivity index (χ3n) is 4.00. The molecule has 0 aliphatic rings. The van der Waals surface area contributed by atoms with Crippen molar-refractivity contribution in [3.63, 3.8) is 0 Å². The molecule has 0 atom stereocenters. The van der Waals surface area contributed by atoms with E-state index < -0.39 is 11.0 Å². The highest BCUT2D eigenvalue weighted by Crippen LogP contribution is 2.42. The molecule has 1 aromatic heterocycles. The Kier molecular flexibility index (Phi) is 5.17. The van der Waals surface area contributed by atoms with Gasteiger partial charge in [-0.2, -0.15) is 0 Å². The number of nitrogens with zero attached hydrogens (tertiary/aromatic N) is 1.